The quantitative estimate of drug-likeness (QED) is 0.881. The summed E-state index contributed by atoms with van der Waals surface area (Å²) in [5.74, 6) is 2.84. The van der Waals surface area contributed by atoms with Gasteiger partial charge in [0, 0.05) is 12.5 Å². The van der Waals surface area contributed by atoms with Gasteiger partial charge in [-0.2, -0.15) is 0 Å². The molecule has 3 aliphatic rings. The Balaban J connectivity index is 1.67. The van der Waals surface area contributed by atoms with Crippen molar-refractivity contribution in [3.8, 4) is 5.75 Å². The maximum atomic E-state index is 10.7. The highest BCUT2D eigenvalue weighted by Gasteiger charge is 2.57. The minimum absolute atomic E-state index is 0.00145. The molecule has 0 bridgehead atoms. The lowest BCUT2D eigenvalue weighted by Crippen LogP contribution is -2.44. The average molecular weight is 316 g/mol. The van der Waals surface area contributed by atoms with Gasteiger partial charge in [0.15, 0.2) is 0 Å². The first-order valence-corrected chi connectivity index (χ1v) is 9.04. The number of rotatable bonds is 2. The molecular weight excluding hydrogens is 288 g/mol. The number of aliphatic hydroxyl groups excluding tert-OH is 2. The van der Waals surface area contributed by atoms with Crippen molar-refractivity contribution in [2.24, 2.45) is 23.2 Å². The van der Waals surface area contributed by atoms with Crippen molar-refractivity contribution in [3.05, 3.63) is 29.3 Å². The first-order valence-electron chi connectivity index (χ1n) is 9.04. The van der Waals surface area contributed by atoms with Crippen molar-refractivity contribution in [1.82, 2.24) is 0 Å². The van der Waals surface area contributed by atoms with Crippen molar-refractivity contribution in [3.63, 3.8) is 0 Å². The fraction of sp³-hybridized carbons (Fsp3) is 0.700. The average Bonchev–Trinajstić information content (AvgIpc) is 2.85. The number of fused-ring (bicyclic) bond motifs is 5. The molecule has 0 spiro atoms. The van der Waals surface area contributed by atoms with Gasteiger partial charge in [0.25, 0.3) is 0 Å². The molecule has 2 N–H and O–H groups in total. The van der Waals surface area contributed by atoms with Gasteiger partial charge in [0.1, 0.15) is 5.75 Å². The Labute approximate surface area is 138 Å². The predicted molar refractivity (Wildman–Crippen MR) is 89.6 cm³/mol. The Hall–Kier alpha value is -1.06. The van der Waals surface area contributed by atoms with Crippen LogP contribution in [0.1, 0.15) is 49.7 Å². The van der Waals surface area contributed by atoms with Gasteiger partial charge in [-0.05, 0) is 78.5 Å². The molecule has 0 unspecified atom stereocenters. The lowest BCUT2D eigenvalue weighted by molar-refractivity contribution is -0.0379. The molecular formula is C20H28O3. The summed E-state index contributed by atoms with van der Waals surface area (Å²) in [6.45, 7) is 2.39. The first kappa shape index (κ1) is 15.5. The Bertz CT molecular complexity index is 599. The largest absolute Gasteiger partial charge is 0.497 e. The first-order chi connectivity index (χ1) is 11.1. The van der Waals surface area contributed by atoms with Crippen LogP contribution in [0.4, 0.5) is 0 Å². The van der Waals surface area contributed by atoms with Crippen molar-refractivity contribution in [2.75, 3.05) is 13.7 Å². The van der Waals surface area contributed by atoms with E-state index < -0.39 is 0 Å². The molecule has 0 aromatic heterocycles. The van der Waals surface area contributed by atoms with E-state index in [4.69, 9.17) is 4.74 Å². The van der Waals surface area contributed by atoms with Gasteiger partial charge >= 0.3 is 0 Å². The Morgan fingerprint density at radius 3 is 2.87 bits per heavy atom. The van der Waals surface area contributed by atoms with Crippen LogP contribution in [-0.2, 0) is 6.42 Å². The number of hydrogen-bond donors (Lipinski definition) is 2. The molecule has 1 aromatic rings. The Morgan fingerprint density at radius 2 is 2.13 bits per heavy atom. The van der Waals surface area contributed by atoms with E-state index in [1.807, 2.05) is 0 Å². The zero-order valence-corrected chi connectivity index (χ0v) is 14.2. The third-order valence-corrected chi connectivity index (χ3v) is 7.28. The van der Waals surface area contributed by atoms with Gasteiger partial charge < -0.3 is 14.9 Å². The van der Waals surface area contributed by atoms with E-state index in [2.05, 4.69) is 25.1 Å². The minimum Gasteiger partial charge on any atom is -0.497 e. The molecule has 6 atom stereocenters. The summed E-state index contributed by atoms with van der Waals surface area (Å²) in [4.78, 5) is 0. The van der Waals surface area contributed by atoms with Crippen LogP contribution >= 0.6 is 0 Å². The van der Waals surface area contributed by atoms with E-state index in [0.717, 1.165) is 31.4 Å². The molecule has 3 aliphatic carbocycles. The van der Waals surface area contributed by atoms with Crippen LogP contribution in [0, 0.1) is 23.2 Å². The third-order valence-electron chi connectivity index (χ3n) is 7.28. The molecule has 2 saturated carbocycles. The molecule has 0 saturated heterocycles. The molecule has 126 valence electrons. The maximum Gasteiger partial charge on any atom is 0.119 e. The van der Waals surface area contributed by atoms with Crippen LogP contribution in [0.15, 0.2) is 18.2 Å². The molecule has 0 aliphatic heterocycles. The van der Waals surface area contributed by atoms with Gasteiger partial charge in [-0.3, -0.25) is 0 Å². The van der Waals surface area contributed by atoms with Crippen LogP contribution in [0.3, 0.4) is 0 Å². The van der Waals surface area contributed by atoms with E-state index in [9.17, 15) is 10.2 Å². The topological polar surface area (TPSA) is 49.7 Å². The summed E-state index contributed by atoms with van der Waals surface area (Å²) in [6.07, 6.45) is 5.20. The smallest absolute Gasteiger partial charge is 0.119 e. The molecule has 0 amide bonds. The molecule has 4 rings (SSSR count). The van der Waals surface area contributed by atoms with Crippen LogP contribution in [0.25, 0.3) is 0 Å². The maximum absolute atomic E-state index is 10.7. The molecule has 3 heteroatoms. The van der Waals surface area contributed by atoms with Gasteiger partial charge in [-0.25, -0.2) is 0 Å². The molecule has 0 radical (unpaired) electrons. The summed E-state index contributed by atoms with van der Waals surface area (Å²) in [7, 11) is 1.73. The van der Waals surface area contributed by atoms with Crippen LogP contribution < -0.4 is 4.74 Å². The lowest BCUT2D eigenvalue weighted by atomic mass is 9.55. The van der Waals surface area contributed by atoms with E-state index >= 15 is 0 Å². The molecule has 23 heavy (non-hydrogen) atoms. The number of aryl methyl sites for hydroxylation is 1. The predicted octanol–water partition coefficient (Wildman–Crippen LogP) is 3.13. The van der Waals surface area contributed by atoms with Crippen molar-refractivity contribution in [2.45, 2.75) is 51.0 Å². The Kier molecular flexibility index (Phi) is 3.69. The summed E-state index contributed by atoms with van der Waals surface area (Å²) in [5.41, 5.74) is 2.95. The highest BCUT2D eigenvalue weighted by Crippen LogP contribution is 2.62. The molecule has 2 fully saturated rings. The SMILES string of the molecule is COc1ccc2c(c1)CC[C@@H]1[C@@H]2CC[C@]2(C)[C@H](O)[C@@H](CO)C[C@@H]12. The minimum atomic E-state index is -0.337. The highest BCUT2D eigenvalue weighted by atomic mass is 16.5. The monoisotopic (exact) mass is 316 g/mol. The fourth-order valence-corrected chi connectivity index (χ4v) is 6.01. The normalized spacial score (nSPS) is 41.8. The van der Waals surface area contributed by atoms with E-state index in [1.165, 1.54) is 17.5 Å². The molecule has 0 heterocycles. The van der Waals surface area contributed by atoms with E-state index in [-0.39, 0.29) is 24.0 Å². The van der Waals surface area contributed by atoms with Crippen LogP contribution in [0.2, 0.25) is 0 Å². The zero-order chi connectivity index (χ0) is 16.2. The number of hydrogen-bond acceptors (Lipinski definition) is 3. The number of methoxy groups -OCH3 is 1. The fourth-order valence-electron chi connectivity index (χ4n) is 6.01. The van der Waals surface area contributed by atoms with E-state index in [0.29, 0.717) is 17.8 Å². The van der Waals surface area contributed by atoms with Gasteiger partial charge in [-0.15, -0.1) is 0 Å². The standard InChI is InChI=1S/C20H28O3/c1-20-8-7-16-15-6-4-14(23-2)9-12(15)3-5-17(16)18(20)10-13(11-21)19(20)22/h4,6,9,13,16-19,21-22H,3,5,7-8,10-11H2,1-2H3/t13-,16-,17-,18+,19-,20+/m1/s1. The van der Waals surface area contributed by atoms with E-state index in [1.54, 1.807) is 7.11 Å². The second-order valence-electron chi connectivity index (χ2n) is 8.15. The Morgan fingerprint density at radius 1 is 1.30 bits per heavy atom. The number of benzene rings is 1. The van der Waals surface area contributed by atoms with Crippen molar-refractivity contribution < 1.29 is 14.9 Å². The van der Waals surface area contributed by atoms with Gasteiger partial charge in [0.2, 0.25) is 0 Å². The van der Waals surface area contributed by atoms with Gasteiger partial charge in [-0.1, -0.05) is 13.0 Å². The van der Waals surface area contributed by atoms with Crippen LogP contribution in [0.5, 0.6) is 5.75 Å². The highest BCUT2D eigenvalue weighted by molar-refractivity contribution is 5.40. The lowest BCUT2D eigenvalue weighted by Gasteiger charge is -2.50. The second kappa shape index (κ2) is 5.49. The summed E-state index contributed by atoms with van der Waals surface area (Å²) in [6, 6.07) is 6.57. The van der Waals surface area contributed by atoms with Crippen LogP contribution in [-0.4, -0.2) is 30.0 Å². The second-order valence-corrected chi connectivity index (χ2v) is 8.15. The number of ether oxygens (including phenoxy) is 1. The zero-order valence-electron chi connectivity index (χ0n) is 14.2. The molecule has 1 aromatic carbocycles. The summed E-state index contributed by atoms with van der Waals surface area (Å²) in [5, 5.41) is 20.4. The third kappa shape index (κ3) is 2.16. The summed E-state index contributed by atoms with van der Waals surface area (Å²) < 4.78 is 5.38. The van der Waals surface area contributed by atoms with Crippen molar-refractivity contribution in [1.29, 1.82) is 0 Å². The van der Waals surface area contributed by atoms with Crippen molar-refractivity contribution >= 4 is 0 Å². The molecule has 3 nitrogen and oxygen atoms in total. The summed E-state index contributed by atoms with van der Waals surface area (Å²) >= 11 is 0. The number of aliphatic hydroxyl groups is 2. The van der Waals surface area contributed by atoms with Gasteiger partial charge in [0.05, 0.1) is 13.2 Å².